The molecule has 5 rings (SSSR count). The Morgan fingerprint density at radius 2 is 1.79 bits per heavy atom. The van der Waals surface area contributed by atoms with E-state index in [0.717, 1.165) is 62.4 Å². The number of aryl methyl sites for hydroxylation is 2. The highest BCUT2D eigenvalue weighted by Gasteiger charge is 2.25. The van der Waals surface area contributed by atoms with Crippen molar-refractivity contribution in [1.29, 1.82) is 0 Å². The molecular weight excluding hydrogens is 487 g/mol. The molecule has 0 saturated carbocycles. The Morgan fingerprint density at radius 3 is 2.51 bits per heavy atom. The Balaban J connectivity index is 1.52. The Bertz CT molecular complexity index is 1360. The van der Waals surface area contributed by atoms with E-state index >= 15 is 0 Å². The molecule has 0 amide bonds. The summed E-state index contributed by atoms with van der Waals surface area (Å²) in [6.45, 7) is 8.48. The van der Waals surface area contributed by atoms with Gasteiger partial charge in [0.15, 0.2) is 0 Å². The van der Waals surface area contributed by atoms with Gasteiger partial charge in [-0.05, 0) is 114 Å². The topological polar surface area (TPSA) is 47.7 Å². The van der Waals surface area contributed by atoms with Gasteiger partial charge in [0.1, 0.15) is 17.6 Å². The summed E-state index contributed by atoms with van der Waals surface area (Å²) in [5, 5.41) is 0. The van der Waals surface area contributed by atoms with Crippen LogP contribution in [0.15, 0.2) is 67.2 Å². The second kappa shape index (κ2) is 12.1. The molecule has 4 nitrogen and oxygen atoms in total. The molecule has 3 aromatic rings. The number of hydrogen-bond donors (Lipinski definition) is 1. The molecule has 0 aromatic heterocycles. The van der Waals surface area contributed by atoms with Crippen molar-refractivity contribution >= 4 is 16.8 Å². The fourth-order valence-electron chi connectivity index (χ4n) is 5.96. The highest BCUT2D eigenvalue weighted by molar-refractivity contribution is 6.00. The third-order valence-corrected chi connectivity index (χ3v) is 7.96. The van der Waals surface area contributed by atoms with Crippen LogP contribution < -0.4 is 15.2 Å². The van der Waals surface area contributed by atoms with Crippen LogP contribution in [0, 0.1) is 6.92 Å². The summed E-state index contributed by atoms with van der Waals surface area (Å²) in [4.78, 5) is 2.29. The number of fused-ring (bicyclic) bond motifs is 1. The molecule has 0 unspecified atom stereocenters. The predicted octanol–water partition coefficient (Wildman–Crippen LogP) is 7.04. The molecule has 0 spiro atoms. The lowest BCUT2D eigenvalue weighted by Crippen LogP contribution is -2.26. The molecule has 1 atom stereocenters. The first-order valence-electron chi connectivity index (χ1n) is 14.0. The van der Waals surface area contributed by atoms with E-state index in [-0.39, 0.29) is 12.8 Å². The van der Waals surface area contributed by atoms with Gasteiger partial charge in [-0.25, -0.2) is 0 Å². The van der Waals surface area contributed by atoms with Gasteiger partial charge in [-0.1, -0.05) is 36.9 Å². The summed E-state index contributed by atoms with van der Waals surface area (Å²) in [5.74, 6) is 1.75. The molecule has 1 aliphatic carbocycles. The van der Waals surface area contributed by atoms with Crippen molar-refractivity contribution in [2.75, 3.05) is 33.4 Å². The Hall–Kier alpha value is -3.57. The molecule has 3 aromatic carbocycles. The van der Waals surface area contributed by atoms with Crippen LogP contribution in [0.5, 0.6) is 11.5 Å². The number of alkyl halides is 1. The SMILES string of the molecule is C=C(N)c1ccc2c(c1)CCCC(c1ccc(OC)cc1C)=C2c1ccc(O[C@H]2CCN(CCCF)C2)cc1. The van der Waals surface area contributed by atoms with Gasteiger partial charge in [-0.2, -0.15) is 0 Å². The molecule has 1 heterocycles. The van der Waals surface area contributed by atoms with Gasteiger partial charge >= 0.3 is 0 Å². The molecule has 2 aliphatic rings. The lowest BCUT2D eigenvalue weighted by Gasteiger charge is -2.20. The van der Waals surface area contributed by atoms with E-state index in [9.17, 15) is 4.39 Å². The fourth-order valence-corrected chi connectivity index (χ4v) is 5.96. The van der Waals surface area contributed by atoms with Gasteiger partial charge in [0, 0.05) is 25.3 Å². The number of likely N-dealkylation sites (tertiary alicyclic amines) is 1. The Labute approximate surface area is 231 Å². The largest absolute Gasteiger partial charge is 0.497 e. The number of methoxy groups -OCH3 is 1. The summed E-state index contributed by atoms with van der Waals surface area (Å²) in [5.41, 5.74) is 16.4. The zero-order valence-electron chi connectivity index (χ0n) is 23.1. The zero-order chi connectivity index (χ0) is 27.4. The smallest absolute Gasteiger partial charge is 0.119 e. The molecule has 5 heteroatoms. The van der Waals surface area contributed by atoms with Crippen LogP contribution in [-0.4, -0.2) is 44.4 Å². The Morgan fingerprint density at radius 1 is 1.03 bits per heavy atom. The van der Waals surface area contributed by atoms with Gasteiger partial charge in [0.25, 0.3) is 0 Å². The van der Waals surface area contributed by atoms with Crippen molar-refractivity contribution in [3.63, 3.8) is 0 Å². The first kappa shape index (κ1) is 27.0. The molecule has 1 fully saturated rings. The maximum absolute atomic E-state index is 12.6. The van der Waals surface area contributed by atoms with Gasteiger partial charge in [-0.3, -0.25) is 9.29 Å². The van der Waals surface area contributed by atoms with Crippen LogP contribution in [0.1, 0.15) is 59.1 Å². The van der Waals surface area contributed by atoms with E-state index < -0.39 is 0 Å². The lowest BCUT2D eigenvalue weighted by molar-refractivity contribution is 0.198. The molecule has 0 radical (unpaired) electrons. The minimum Gasteiger partial charge on any atom is -0.497 e. The number of ether oxygens (including phenoxy) is 2. The fraction of sp³-hybridized carbons (Fsp3) is 0.353. The van der Waals surface area contributed by atoms with Gasteiger partial charge in [0.2, 0.25) is 0 Å². The number of rotatable bonds is 9. The van der Waals surface area contributed by atoms with Crippen molar-refractivity contribution in [3.05, 3.63) is 101 Å². The van der Waals surface area contributed by atoms with Crippen LogP contribution in [0.4, 0.5) is 4.39 Å². The number of nitrogens with zero attached hydrogens (tertiary/aromatic N) is 1. The van der Waals surface area contributed by atoms with Crippen molar-refractivity contribution in [3.8, 4) is 11.5 Å². The number of halogens is 1. The van der Waals surface area contributed by atoms with E-state index in [2.05, 4.69) is 79.1 Å². The van der Waals surface area contributed by atoms with E-state index in [1.165, 1.54) is 39.0 Å². The van der Waals surface area contributed by atoms with Crippen molar-refractivity contribution in [1.82, 2.24) is 4.90 Å². The van der Waals surface area contributed by atoms with E-state index in [1.807, 2.05) is 0 Å². The average Bonchev–Trinajstić information content (AvgIpc) is 3.30. The summed E-state index contributed by atoms with van der Waals surface area (Å²) in [6.07, 6.45) is 4.73. The second-order valence-electron chi connectivity index (χ2n) is 10.7. The predicted molar refractivity (Wildman–Crippen MR) is 159 cm³/mol. The number of nitrogens with two attached hydrogens (primary N) is 1. The highest BCUT2D eigenvalue weighted by Crippen LogP contribution is 2.42. The standard InChI is InChI=1S/C34H39FN2O2/c1-23-20-29(38-3)13-15-31(23)33-7-4-6-27-21-26(24(2)36)10-14-32(27)34(33)25-8-11-28(12-9-25)39-30-16-19-37(22-30)18-5-17-35/h8-15,20-21,30H,2,4-7,16-19,22,36H2,1,3H3/t30-/m0/s1. The maximum Gasteiger partial charge on any atom is 0.119 e. The third kappa shape index (κ3) is 6.04. The molecule has 2 N–H and O–H groups in total. The van der Waals surface area contributed by atoms with E-state index in [4.69, 9.17) is 15.2 Å². The first-order valence-corrected chi connectivity index (χ1v) is 14.0. The minimum absolute atomic E-state index is 0.147. The highest BCUT2D eigenvalue weighted by atomic mass is 19.1. The molecule has 39 heavy (non-hydrogen) atoms. The van der Waals surface area contributed by atoms with Crippen molar-refractivity contribution < 1.29 is 13.9 Å². The van der Waals surface area contributed by atoms with Crippen molar-refractivity contribution in [2.24, 2.45) is 5.73 Å². The van der Waals surface area contributed by atoms with Crippen LogP contribution >= 0.6 is 0 Å². The van der Waals surface area contributed by atoms with Crippen LogP contribution in [-0.2, 0) is 6.42 Å². The van der Waals surface area contributed by atoms with Crippen LogP contribution in [0.25, 0.3) is 16.8 Å². The van der Waals surface area contributed by atoms with Crippen LogP contribution in [0.2, 0.25) is 0 Å². The summed E-state index contributed by atoms with van der Waals surface area (Å²) in [7, 11) is 1.71. The molecule has 204 valence electrons. The number of benzene rings is 3. The van der Waals surface area contributed by atoms with Gasteiger partial charge in [-0.15, -0.1) is 0 Å². The quantitative estimate of drug-likeness (QED) is 0.325. The second-order valence-corrected chi connectivity index (χ2v) is 10.7. The molecule has 1 aliphatic heterocycles. The lowest BCUT2D eigenvalue weighted by atomic mass is 9.86. The summed E-state index contributed by atoms with van der Waals surface area (Å²) in [6, 6.07) is 21.4. The molecule has 0 bridgehead atoms. The number of hydrogen-bond acceptors (Lipinski definition) is 4. The minimum atomic E-state index is -0.261. The van der Waals surface area contributed by atoms with Gasteiger partial charge in [0.05, 0.1) is 13.8 Å². The summed E-state index contributed by atoms with van der Waals surface area (Å²) < 4.78 is 24.4. The average molecular weight is 527 g/mol. The molecule has 1 saturated heterocycles. The third-order valence-electron chi connectivity index (χ3n) is 7.96. The number of allylic oxidation sites excluding steroid dienone is 1. The maximum atomic E-state index is 12.6. The first-order chi connectivity index (χ1) is 19.0. The van der Waals surface area contributed by atoms with Crippen LogP contribution in [0.3, 0.4) is 0 Å². The zero-order valence-corrected chi connectivity index (χ0v) is 23.1. The molecular formula is C34H39FN2O2. The van der Waals surface area contributed by atoms with Crippen molar-refractivity contribution in [2.45, 2.75) is 45.1 Å². The van der Waals surface area contributed by atoms with Gasteiger partial charge < -0.3 is 15.2 Å². The Kier molecular flexibility index (Phi) is 8.37. The van der Waals surface area contributed by atoms with E-state index in [1.54, 1.807) is 7.11 Å². The monoisotopic (exact) mass is 526 g/mol. The summed E-state index contributed by atoms with van der Waals surface area (Å²) >= 11 is 0. The normalized spacial score (nSPS) is 17.6. The van der Waals surface area contributed by atoms with E-state index in [0.29, 0.717) is 12.1 Å².